The zero-order valence-corrected chi connectivity index (χ0v) is 23.8. The summed E-state index contributed by atoms with van der Waals surface area (Å²) in [7, 11) is -6.11. The van der Waals surface area contributed by atoms with E-state index in [-0.39, 0.29) is 12.2 Å². The van der Waals surface area contributed by atoms with Gasteiger partial charge >= 0.3 is 7.32 Å². The number of hydrogen-bond acceptors (Lipinski definition) is 3. The molecule has 0 rings (SSSR count). The van der Waals surface area contributed by atoms with Gasteiger partial charge in [-0.15, -0.1) is 0 Å². The highest BCUT2D eigenvalue weighted by molar-refractivity contribution is 6.78. The Balaban J connectivity index is 5.02. The smallest absolute Gasteiger partial charge is 0.402 e. The van der Waals surface area contributed by atoms with Gasteiger partial charge in [0, 0.05) is 44.5 Å². The summed E-state index contributed by atoms with van der Waals surface area (Å²) in [6, 6.07) is 4.35. The first kappa shape index (κ1) is 26.8. The Morgan fingerprint density at radius 2 is 0.731 bits per heavy atom. The number of rotatable bonds is 12. The third-order valence-electron chi connectivity index (χ3n) is 3.98. The van der Waals surface area contributed by atoms with Crippen LogP contribution in [-0.4, -0.2) is 56.8 Å². The lowest BCUT2D eigenvalue weighted by Crippen LogP contribution is -2.42. The molecule has 156 valence electrons. The molecule has 0 aromatic carbocycles. The van der Waals surface area contributed by atoms with Crippen molar-refractivity contribution in [2.75, 3.05) is 0 Å². The molecule has 0 amide bonds. The molecule has 26 heavy (non-hydrogen) atoms. The molecule has 0 saturated heterocycles. The molecule has 0 aromatic heterocycles. The molecule has 0 unspecified atom stereocenters. The molecule has 0 aliphatic carbocycles. The van der Waals surface area contributed by atoms with Gasteiger partial charge in [0.2, 0.25) is 0 Å². The number of hydrogen-bond donors (Lipinski definition) is 1. The Morgan fingerprint density at radius 3 is 0.885 bits per heavy atom. The summed E-state index contributed by atoms with van der Waals surface area (Å²) in [5, 5.41) is 10.6. The lowest BCUT2D eigenvalue weighted by molar-refractivity contribution is 0.0772. The maximum Gasteiger partial charge on any atom is 0.637 e. The fourth-order valence-corrected chi connectivity index (χ4v) is 10.4. The van der Waals surface area contributed by atoms with Crippen LogP contribution in [0.3, 0.4) is 0 Å². The molecule has 0 atom stereocenters. The molecule has 0 bridgehead atoms. The Bertz CT molecular complexity index is 339. The fourth-order valence-electron chi connectivity index (χ4n) is 3.43. The topological polar surface area (TPSA) is 38.7 Å². The molecule has 0 heterocycles. The van der Waals surface area contributed by atoms with Gasteiger partial charge in [0.25, 0.3) is 0 Å². The zero-order chi connectivity index (χ0) is 21.0. The molecule has 0 spiro atoms. The molecule has 0 saturated carbocycles. The molecular formula is C18H47BO3Si4. The van der Waals surface area contributed by atoms with E-state index in [9.17, 15) is 5.02 Å². The average molecular weight is 435 g/mol. The first-order valence-electron chi connectivity index (χ1n) is 10.2. The van der Waals surface area contributed by atoms with Crippen LogP contribution in [-0.2, 0) is 9.31 Å². The minimum atomic E-state index is -1.26. The summed E-state index contributed by atoms with van der Waals surface area (Å²) in [5.74, 6) is 0. The first-order chi connectivity index (χ1) is 11.3. The quantitative estimate of drug-likeness (QED) is 0.378. The van der Waals surface area contributed by atoms with E-state index < -0.39 is 39.6 Å². The molecule has 0 aliphatic rings. The van der Waals surface area contributed by atoms with E-state index in [0.717, 1.165) is 24.2 Å². The summed E-state index contributed by atoms with van der Waals surface area (Å²) < 4.78 is 12.2. The van der Waals surface area contributed by atoms with Crippen molar-refractivity contribution in [3.8, 4) is 0 Å². The van der Waals surface area contributed by atoms with E-state index in [1.54, 1.807) is 0 Å². The van der Waals surface area contributed by atoms with E-state index in [4.69, 9.17) is 9.31 Å². The van der Waals surface area contributed by atoms with Crippen LogP contribution in [0, 0.1) is 0 Å². The summed E-state index contributed by atoms with van der Waals surface area (Å²) in [4.78, 5) is 0. The Morgan fingerprint density at radius 1 is 0.538 bits per heavy atom. The van der Waals surface area contributed by atoms with Gasteiger partial charge in [-0.1, -0.05) is 78.6 Å². The minimum absolute atomic E-state index is 0.128. The van der Waals surface area contributed by atoms with Crippen molar-refractivity contribution < 1.29 is 14.3 Å². The largest absolute Gasteiger partial charge is 0.637 e. The van der Waals surface area contributed by atoms with Crippen LogP contribution < -0.4 is 0 Å². The van der Waals surface area contributed by atoms with Crippen LogP contribution >= 0.6 is 0 Å². The maximum absolute atomic E-state index is 10.6. The monoisotopic (exact) mass is 434 g/mol. The second kappa shape index (κ2) is 10.0. The lowest BCUT2D eigenvalue weighted by atomic mass is 10.2. The van der Waals surface area contributed by atoms with E-state index >= 15 is 0 Å². The first-order valence-corrected chi connectivity index (χ1v) is 25.1. The average Bonchev–Trinajstić information content (AvgIpc) is 2.16. The van der Waals surface area contributed by atoms with Crippen molar-refractivity contribution in [1.29, 1.82) is 0 Å². The second-order valence-electron chi connectivity index (χ2n) is 12.9. The third-order valence-corrected chi connectivity index (χ3v) is 10.7. The summed E-state index contributed by atoms with van der Waals surface area (Å²) in [6.45, 7) is 28.5. The third kappa shape index (κ3) is 16.9. The van der Waals surface area contributed by atoms with Gasteiger partial charge in [-0.25, -0.2) is 0 Å². The highest BCUT2D eigenvalue weighted by atomic mass is 28.3. The van der Waals surface area contributed by atoms with Crippen molar-refractivity contribution in [2.45, 2.75) is 115 Å². The molecule has 1 N–H and O–H groups in total. The molecule has 3 nitrogen and oxygen atoms in total. The van der Waals surface area contributed by atoms with Gasteiger partial charge in [0.05, 0.1) is 0 Å². The predicted octanol–water partition coefficient (Wildman–Crippen LogP) is 6.09. The summed E-state index contributed by atoms with van der Waals surface area (Å²) in [5.41, 5.74) is 0. The Hall–Kier alpha value is 0.812. The van der Waals surface area contributed by atoms with Gasteiger partial charge < -0.3 is 14.3 Å². The standard InChI is InChI=1S/C18H47BO3Si4/c1-23(2,3)13-17(14-24(4,5)6)21-19(20)22-18(15-25(7,8)9)16-26(10,11)12/h17-18,20H,13-16H2,1-12H3. The van der Waals surface area contributed by atoms with Gasteiger partial charge in [-0.3, -0.25) is 0 Å². The highest BCUT2D eigenvalue weighted by Gasteiger charge is 2.34. The van der Waals surface area contributed by atoms with Crippen molar-refractivity contribution in [2.24, 2.45) is 0 Å². The predicted molar refractivity (Wildman–Crippen MR) is 130 cm³/mol. The van der Waals surface area contributed by atoms with Crippen molar-refractivity contribution in [3.63, 3.8) is 0 Å². The van der Waals surface area contributed by atoms with Gasteiger partial charge in [0.15, 0.2) is 0 Å². The van der Waals surface area contributed by atoms with Gasteiger partial charge in [-0.05, 0) is 24.2 Å². The van der Waals surface area contributed by atoms with Crippen molar-refractivity contribution >= 4 is 39.6 Å². The van der Waals surface area contributed by atoms with Crippen LogP contribution in [0.25, 0.3) is 0 Å². The minimum Gasteiger partial charge on any atom is -0.402 e. The van der Waals surface area contributed by atoms with Crippen LogP contribution in [0.2, 0.25) is 103 Å². The Labute approximate surface area is 168 Å². The van der Waals surface area contributed by atoms with E-state index in [2.05, 4.69) is 78.6 Å². The molecular weight excluding hydrogens is 387 g/mol. The molecule has 8 heteroatoms. The molecule has 0 fully saturated rings. The highest BCUT2D eigenvalue weighted by Crippen LogP contribution is 2.26. The SMILES string of the molecule is C[Si](C)(C)CC(C[Si](C)(C)C)OB(O)OC(C[Si](C)(C)C)C[Si](C)(C)C. The summed E-state index contributed by atoms with van der Waals surface area (Å²) >= 11 is 0. The van der Waals surface area contributed by atoms with E-state index in [1.807, 2.05) is 0 Å². The zero-order valence-electron chi connectivity index (χ0n) is 19.8. The van der Waals surface area contributed by atoms with Crippen LogP contribution in [0.4, 0.5) is 0 Å². The summed E-state index contributed by atoms with van der Waals surface area (Å²) in [6.07, 6.45) is 0.255. The fraction of sp³-hybridized carbons (Fsp3) is 1.00. The van der Waals surface area contributed by atoms with Crippen LogP contribution in [0.15, 0.2) is 0 Å². The Kier molecular flexibility index (Phi) is 10.3. The lowest BCUT2D eigenvalue weighted by Gasteiger charge is -2.33. The molecule has 0 radical (unpaired) electrons. The normalized spacial score (nSPS) is 14.4. The van der Waals surface area contributed by atoms with Crippen molar-refractivity contribution in [3.05, 3.63) is 0 Å². The molecule has 0 aromatic rings. The van der Waals surface area contributed by atoms with Gasteiger partial charge in [-0.2, -0.15) is 0 Å². The molecule has 0 aliphatic heterocycles. The van der Waals surface area contributed by atoms with Gasteiger partial charge in [0.1, 0.15) is 0 Å². The maximum atomic E-state index is 10.6. The second-order valence-corrected chi connectivity index (χ2v) is 35.0. The van der Waals surface area contributed by atoms with Crippen LogP contribution in [0.5, 0.6) is 0 Å². The van der Waals surface area contributed by atoms with Crippen molar-refractivity contribution in [1.82, 2.24) is 0 Å². The van der Waals surface area contributed by atoms with Crippen LogP contribution in [0.1, 0.15) is 0 Å². The van der Waals surface area contributed by atoms with E-state index in [1.165, 1.54) is 0 Å². The van der Waals surface area contributed by atoms with E-state index in [0.29, 0.717) is 0 Å².